The zero-order valence-corrected chi connectivity index (χ0v) is 11.6. The molecule has 0 saturated carbocycles. The minimum atomic E-state index is -0.213. The van der Waals surface area contributed by atoms with E-state index in [0.29, 0.717) is 17.5 Å². The van der Waals surface area contributed by atoms with Crippen molar-refractivity contribution in [2.45, 2.75) is 20.3 Å². The van der Waals surface area contributed by atoms with E-state index in [4.69, 9.17) is 11.6 Å². The van der Waals surface area contributed by atoms with E-state index in [0.717, 1.165) is 23.4 Å². The Labute approximate surface area is 116 Å². The molecule has 0 atom stereocenters. The highest BCUT2D eigenvalue weighted by atomic mass is 35.5. The fourth-order valence-electron chi connectivity index (χ4n) is 1.78. The van der Waals surface area contributed by atoms with Crippen LogP contribution in [0.4, 0.5) is 10.2 Å². The number of aromatic nitrogens is 2. The molecule has 19 heavy (non-hydrogen) atoms. The lowest BCUT2D eigenvalue weighted by molar-refractivity contribution is 0.625. The lowest BCUT2D eigenvalue weighted by Gasteiger charge is -2.10. The normalized spacial score (nSPS) is 10.5. The summed E-state index contributed by atoms with van der Waals surface area (Å²) >= 11 is 6.00. The van der Waals surface area contributed by atoms with Crippen LogP contribution >= 0.6 is 11.6 Å². The van der Waals surface area contributed by atoms with Crippen molar-refractivity contribution < 1.29 is 4.39 Å². The molecular formula is C14H15ClFN3. The molecule has 0 unspecified atom stereocenters. The van der Waals surface area contributed by atoms with Crippen molar-refractivity contribution in [3.05, 3.63) is 52.2 Å². The third kappa shape index (κ3) is 3.64. The molecule has 100 valence electrons. The van der Waals surface area contributed by atoms with Crippen LogP contribution < -0.4 is 5.32 Å². The summed E-state index contributed by atoms with van der Waals surface area (Å²) < 4.78 is 13.0. The van der Waals surface area contributed by atoms with Gasteiger partial charge in [-0.1, -0.05) is 23.7 Å². The average Bonchev–Trinajstić information content (AvgIpc) is 2.35. The fraction of sp³-hybridized carbons (Fsp3) is 0.286. The monoisotopic (exact) mass is 279 g/mol. The number of halogens is 2. The maximum Gasteiger partial charge on any atom is 0.137 e. The van der Waals surface area contributed by atoms with E-state index < -0.39 is 0 Å². The summed E-state index contributed by atoms with van der Waals surface area (Å²) in [6, 6.07) is 6.58. The van der Waals surface area contributed by atoms with E-state index in [9.17, 15) is 4.39 Å². The molecule has 2 aromatic rings. The van der Waals surface area contributed by atoms with E-state index in [-0.39, 0.29) is 5.82 Å². The maximum absolute atomic E-state index is 13.0. The van der Waals surface area contributed by atoms with Crippen LogP contribution in [-0.2, 0) is 6.42 Å². The van der Waals surface area contributed by atoms with Crippen molar-refractivity contribution in [1.29, 1.82) is 0 Å². The van der Waals surface area contributed by atoms with Crippen molar-refractivity contribution >= 4 is 17.4 Å². The summed E-state index contributed by atoms with van der Waals surface area (Å²) in [6.45, 7) is 4.33. The minimum Gasteiger partial charge on any atom is -0.369 e. The lowest BCUT2D eigenvalue weighted by Crippen LogP contribution is -2.09. The lowest BCUT2D eigenvalue weighted by atomic mass is 10.1. The minimum absolute atomic E-state index is 0.213. The molecule has 1 aromatic carbocycles. The third-order valence-electron chi connectivity index (χ3n) is 2.79. The Morgan fingerprint density at radius 3 is 2.79 bits per heavy atom. The maximum atomic E-state index is 13.0. The highest BCUT2D eigenvalue weighted by molar-refractivity contribution is 6.30. The van der Waals surface area contributed by atoms with Gasteiger partial charge in [-0.05, 0) is 38.0 Å². The van der Waals surface area contributed by atoms with Crippen LogP contribution in [0.15, 0.2) is 24.3 Å². The number of benzene rings is 1. The van der Waals surface area contributed by atoms with E-state index >= 15 is 0 Å². The van der Waals surface area contributed by atoms with Gasteiger partial charge in [0, 0.05) is 12.1 Å². The average molecular weight is 280 g/mol. The molecule has 1 N–H and O–H groups in total. The predicted octanol–water partition coefficient (Wildman–Crippen LogP) is 3.54. The molecule has 1 heterocycles. The Morgan fingerprint density at radius 1 is 1.26 bits per heavy atom. The van der Waals surface area contributed by atoms with Gasteiger partial charge in [0.05, 0.1) is 0 Å². The molecule has 0 saturated heterocycles. The van der Waals surface area contributed by atoms with E-state index in [1.165, 1.54) is 12.1 Å². The summed E-state index contributed by atoms with van der Waals surface area (Å²) in [6.07, 6.45) is 0.720. The van der Waals surface area contributed by atoms with Crippen LogP contribution in [0.2, 0.25) is 5.15 Å². The van der Waals surface area contributed by atoms with Crippen LogP contribution in [0.3, 0.4) is 0 Å². The van der Waals surface area contributed by atoms with Gasteiger partial charge in [0.1, 0.15) is 22.6 Å². The van der Waals surface area contributed by atoms with Crippen molar-refractivity contribution in [2.75, 3.05) is 11.9 Å². The number of nitrogens with zero attached hydrogens (tertiary/aromatic N) is 2. The molecule has 0 bridgehead atoms. The number of hydrogen-bond acceptors (Lipinski definition) is 3. The highest BCUT2D eigenvalue weighted by Crippen LogP contribution is 2.19. The molecular weight excluding hydrogens is 265 g/mol. The molecule has 0 aliphatic rings. The van der Waals surface area contributed by atoms with E-state index in [2.05, 4.69) is 15.3 Å². The fourth-order valence-corrected chi connectivity index (χ4v) is 2.00. The Kier molecular flexibility index (Phi) is 4.32. The molecule has 0 aliphatic carbocycles. The van der Waals surface area contributed by atoms with Crippen LogP contribution in [0.5, 0.6) is 0 Å². The van der Waals surface area contributed by atoms with Gasteiger partial charge in [0.25, 0.3) is 0 Å². The first kappa shape index (κ1) is 13.7. The second-order valence-electron chi connectivity index (χ2n) is 4.34. The quantitative estimate of drug-likeness (QED) is 0.870. The Morgan fingerprint density at radius 2 is 2.05 bits per heavy atom. The number of aryl methyl sites for hydroxylation is 1. The van der Waals surface area contributed by atoms with Gasteiger partial charge in [-0.25, -0.2) is 14.4 Å². The van der Waals surface area contributed by atoms with Crippen molar-refractivity contribution in [1.82, 2.24) is 9.97 Å². The van der Waals surface area contributed by atoms with Gasteiger partial charge in [-0.3, -0.25) is 0 Å². The van der Waals surface area contributed by atoms with Crippen molar-refractivity contribution in [3.8, 4) is 0 Å². The van der Waals surface area contributed by atoms with Crippen molar-refractivity contribution in [3.63, 3.8) is 0 Å². The highest BCUT2D eigenvalue weighted by Gasteiger charge is 2.06. The smallest absolute Gasteiger partial charge is 0.137 e. The molecule has 5 heteroatoms. The molecule has 0 amide bonds. The van der Waals surface area contributed by atoms with E-state index in [1.807, 2.05) is 13.0 Å². The van der Waals surface area contributed by atoms with Crippen molar-refractivity contribution in [2.24, 2.45) is 0 Å². The molecule has 3 nitrogen and oxygen atoms in total. The molecule has 0 radical (unpaired) electrons. The van der Waals surface area contributed by atoms with Gasteiger partial charge in [0.15, 0.2) is 0 Å². The first-order chi connectivity index (χ1) is 9.06. The molecule has 1 aromatic heterocycles. The first-order valence-corrected chi connectivity index (χ1v) is 6.43. The third-order valence-corrected chi connectivity index (χ3v) is 3.16. The first-order valence-electron chi connectivity index (χ1n) is 6.05. The molecule has 0 aliphatic heterocycles. The zero-order chi connectivity index (χ0) is 13.8. The molecule has 2 rings (SSSR count). The summed E-state index contributed by atoms with van der Waals surface area (Å²) in [7, 11) is 0. The zero-order valence-electron chi connectivity index (χ0n) is 10.9. The summed E-state index contributed by atoms with van der Waals surface area (Å²) in [5.41, 5.74) is 1.77. The van der Waals surface area contributed by atoms with E-state index in [1.54, 1.807) is 13.0 Å². The second kappa shape index (κ2) is 5.97. The standard InChI is InChI=1S/C14H15ClFN3/c1-9-13(15)18-10(2)19-14(9)17-7-6-11-4-3-5-12(16)8-11/h3-5,8H,6-7H2,1-2H3,(H,17,18,19). The summed E-state index contributed by atoms with van der Waals surface area (Å²) in [5.74, 6) is 1.15. The largest absolute Gasteiger partial charge is 0.369 e. The molecule has 0 spiro atoms. The molecule has 0 fully saturated rings. The number of anilines is 1. The Balaban J connectivity index is 2.00. The Bertz CT molecular complexity index is 587. The van der Waals surface area contributed by atoms with Gasteiger partial charge in [-0.2, -0.15) is 0 Å². The predicted molar refractivity (Wildman–Crippen MR) is 75.1 cm³/mol. The van der Waals surface area contributed by atoms with Gasteiger partial charge in [-0.15, -0.1) is 0 Å². The number of hydrogen-bond donors (Lipinski definition) is 1. The SMILES string of the molecule is Cc1nc(Cl)c(C)c(NCCc2cccc(F)c2)n1. The van der Waals surface area contributed by atoms with Crippen LogP contribution in [0.25, 0.3) is 0 Å². The Hall–Kier alpha value is -1.68. The van der Waals surface area contributed by atoms with Gasteiger partial charge >= 0.3 is 0 Å². The van der Waals surface area contributed by atoms with Crippen LogP contribution in [0.1, 0.15) is 17.0 Å². The van der Waals surface area contributed by atoms with Gasteiger partial charge in [0.2, 0.25) is 0 Å². The second-order valence-corrected chi connectivity index (χ2v) is 4.70. The topological polar surface area (TPSA) is 37.8 Å². The summed E-state index contributed by atoms with van der Waals surface area (Å²) in [5, 5.41) is 3.66. The number of nitrogens with one attached hydrogen (secondary N) is 1. The number of rotatable bonds is 4. The van der Waals surface area contributed by atoms with Gasteiger partial charge < -0.3 is 5.32 Å². The van der Waals surface area contributed by atoms with Crippen LogP contribution in [0, 0.1) is 19.7 Å². The van der Waals surface area contributed by atoms with Crippen LogP contribution in [-0.4, -0.2) is 16.5 Å². The summed E-state index contributed by atoms with van der Waals surface area (Å²) in [4.78, 5) is 8.38.